The largest absolute Gasteiger partial charge is 0.433 e. The highest BCUT2D eigenvalue weighted by molar-refractivity contribution is 9.10. The second-order valence-electron chi connectivity index (χ2n) is 3.87. The summed E-state index contributed by atoms with van der Waals surface area (Å²) < 4.78 is 38.2. The second-order valence-corrected chi connectivity index (χ2v) is 5.14. The summed E-state index contributed by atoms with van der Waals surface area (Å²) in [6, 6.07) is 8.15. The summed E-state index contributed by atoms with van der Waals surface area (Å²) in [5.74, 6) is -0.483. The number of ketones is 1. The lowest BCUT2D eigenvalue weighted by Crippen LogP contribution is -2.10. The Kier molecular flexibility index (Phi) is 4.15. The van der Waals surface area contributed by atoms with Gasteiger partial charge in [-0.15, -0.1) is 0 Å². The zero-order valence-electron chi connectivity index (χ0n) is 9.71. The minimum Gasteiger partial charge on any atom is -0.288 e. The normalized spacial score (nSPS) is 11.4. The maximum absolute atomic E-state index is 12.5. The minimum atomic E-state index is -4.59. The predicted octanol–water partition coefficient (Wildman–Crippen LogP) is 4.75. The molecule has 7 heteroatoms. The molecule has 0 unspecified atom stereocenters. The summed E-state index contributed by atoms with van der Waals surface area (Å²) in [6.07, 6.45) is -4.59. The molecule has 1 aromatic heterocycles. The Morgan fingerprint density at radius 2 is 1.70 bits per heavy atom. The van der Waals surface area contributed by atoms with Crippen molar-refractivity contribution in [2.45, 2.75) is 6.18 Å². The lowest BCUT2D eigenvalue weighted by Gasteiger charge is -2.08. The minimum absolute atomic E-state index is 0.0676. The van der Waals surface area contributed by atoms with Gasteiger partial charge in [-0.05, 0) is 36.4 Å². The number of rotatable bonds is 2. The van der Waals surface area contributed by atoms with Crippen LogP contribution in [0.5, 0.6) is 0 Å². The standard InChI is InChI=1S/C13H6BrClF3NO/c14-8-3-1-7(2-4-8)11(20)9-5-6-10(13(16,17)18)19-12(9)15/h1-6H. The average Bonchev–Trinajstić information content (AvgIpc) is 2.37. The van der Waals surface area contributed by atoms with Crippen LogP contribution in [0.4, 0.5) is 13.2 Å². The fourth-order valence-electron chi connectivity index (χ4n) is 1.52. The van der Waals surface area contributed by atoms with Gasteiger partial charge in [0.05, 0.1) is 5.56 Å². The highest BCUT2D eigenvalue weighted by Gasteiger charge is 2.33. The smallest absolute Gasteiger partial charge is 0.288 e. The Balaban J connectivity index is 2.38. The van der Waals surface area contributed by atoms with Crippen LogP contribution < -0.4 is 0 Å². The third-order valence-electron chi connectivity index (χ3n) is 2.49. The summed E-state index contributed by atoms with van der Waals surface area (Å²) in [7, 11) is 0. The monoisotopic (exact) mass is 363 g/mol. The molecule has 0 radical (unpaired) electrons. The van der Waals surface area contributed by atoms with E-state index in [9.17, 15) is 18.0 Å². The molecule has 0 aliphatic rings. The fourth-order valence-corrected chi connectivity index (χ4v) is 2.02. The summed E-state index contributed by atoms with van der Waals surface area (Å²) >= 11 is 8.89. The number of halogens is 5. The van der Waals surface area contributed by atoms with Gasteiger partial charge in [0.2, 0.25) is 0 Å². The van der Waals surface area contributed by atoms with Crippen LogP contribution in [0.2, 0.25) is 5.15 Å². The van der Waals surface area contributed by atoms with Crippen molar-refractivity contribution in [2.75, 3.05) is 0 Å². The number of carbonyl (C=O) groups is 1. The number of alkyl halides is 3. The van der Waals surface area contributed by atoms with Gasteiger partial charge in [-0.3, -0.25) is 4.79 Å². The van der Waals surface area contributed by atoms with Crippen molar-refractivity contribution in [3.8, 4) is 0 Å². The molecule has 1 heterocycles. The zero-order valence-corrected chi connectivity index (χ0v) is 12.1. The van der Waals surface area contributed by atoms with Crippen LogP contribution in [-0.2, 0) is 6.18 Å². The molecular formula is C13H6BrClF3NO. The van der Waals surface area contributed by atoms with Crippen molar-refractivity contribution in [3.63, 3.8) is 0 Å². The Labute approximate surface area is 125 Å². The van der Waals surface area contributed by atoms with E-state index in [1.165, 1.54) is 0 Å². The third-order valence-corrected chi connectivity index (χ3v) is 3.31. The molecule has 0 N–H and O–H groups in total. The van der Waals surface area contributed by atoms with Gasteiger partial charge < -0.3 is 0 Å². The van der Waals surface area contributed by atoms with Crippen LogP contribution in [0.15, 0.2) is 40.9 Å². The van der Waals surface area contributed by atoms with Crippen molar-refractivity contribution in [1.82, 2.24) is 4.98 Å². The molecule has 2 aromatic rings. The predicted molar refractivity (Wildman–Crippen MR) is 71.8 cm³/mol. The van der Waals surface area contributed by atoms with Crippen LogP contribution in [0.25, 0.3) is 0 Å². The van der Waals surface area contributed by atoms with Gasteiger partial charge in [-0.25, -0.2) is 4.98 Å². The van der Waals surface area contributed by atoms with Gasteiger partial charge in [0.15, 0.2) is 5.78 Å². The van der Waals surface area contributed by atoms with E-state index in [0.717, 1.165) is 16.6 Å². The number of carbonyl (C=O) groups excluding carboxylic acids is 1. The van der Waals surface area contributed by atoms with E-state index >= 15 is 0 Å². The van der Waals surface area contributed by atoms with Gasteiger partial charge >= 0.3 is 6.18 Å². The Bertz CT molecular complexity index is 656. The molecule has 0 amide bonds. The van der Waals surface area contributed by atoms with Crippen molar-refractivity contribution >= 4 is 33.3 Å². The van der Waals surface area contributed by atoms with Crippen LogP contribution in [-0.4, -0.2) is 10.8 Å². The van der Waals surface area contributed by atoms with Gasteiger partial charge in [0.1, 0.15) is 10.8 Å². The summed E-state index contributed by atoms with van der Waals surface area (Å²) in [4.78, 5) is 15.3. The highest BCUT2D eigenvalue weighted by Crippen LogP contribution is 2.30. The molecule has 0 aliphatic heterocycles. The first kappa shape index (κ1) is 15.0. The summed E-state index contributed by atoms with van der Waals surface area (Å²) in [5, 5.41) is -0.465. The molecule has 2 nitrogen and oxygen atoms in total. The number of aromatic nitrogens is 1. The molecule has 0 atom stereocenters. The molecule has 20 heavy (non-hydrogen) atoms. The highest BCUT2D eigenvalue weighted by atomic mass is 79.9. The number of hydrogen-bond acceptors (Lipinski definition) is 2. The van der Waals surface area contributed by atoms with Gasteiger partial charge in [-0.1, -0.05) is 27.5 Å². The molecule has 0 aliphatic carbocycles. The summed E-state index contributed by atoms with van der Waals surface area (Å²) in [5.41, 5.74) is -0.881. The number of benzene rings is 1. The van der Waals surface area contributed by atoms with E-state index in [-0.39, 0.29) is 5.56 Å². The van der Waals surface area contributed by atoms with Crippen LogP contribution >= 0.6 is 27.5 Å². The molecule has 0 fully saturated rings. The van der Waals surface area contributed by atoms with Crippen molar-refractivity contribution in [1.29, 1.82) is 0 Å². The molecule has 0 saturated heterocycles. The lowest BCUT2D eigenvalue weighted by atomic mass is 10.0. The first-order chi connectivity index (χ1) is 9.29. The second kappa shape index (κ2) is 5.54. The molecule has 2 rings (SSSR count). The van der Waals surface area contributed by atoms with E-state index in [1.807, 2.05) is 0 Å². The first-order valence-corrected chi connectivity index (χ1v) is 6.50. The lowest BCUT2D eigenvalue weighted by molar-refractivity contribution is -0.141. The third kappa shape index (κ3) is 3.19. The van der Waals surface area contributed by atoms with Crippen molar-refractivity contribution < 1.29 is 18.0 Å². The molecule has 0 spiro atoms. The van der Waals surface area contributed by atoms with Crippen LogP contribution in [0, 0.1) is 0 Å². The maximum Gasteiger partial charge on any atom is 0.433 e. The van der Waals surface area contributed by atoms with Gasteiger partial charge in [0, 0.05) is 10.0 Å². The molecule has 104 valence electrons. The average molecular weight is 365 g/mol. The van der Waals surface area contributed by atoms with Crippen molar-refractivity contribution in [2.24, 2.45) is 0 Å². The van der Waals surface area contributed by atoms with E-state index in [0.29, 0.717) is 5.56 Å². The van der Waals surface area contributed by atoms with Gasteiger partial charge in [0.25, 0.3) is 0 Å². The van der Waals surface area contributed by atoms with Gasteiger partial charge in [-0.2, -0.15) is 13.2 Å². The van der Waals surface area contributed by atoms with Crippen LogP contribution in [0.3, 0.4) is 0 Å². The van der Waals surface area contributed by atoms with E-state index in [1.54, 1.807) is 24.3 Å². The maximum atomic E-state index is 12.5. The Morgan fingerprint density at radius 3 is 2.20 bits per heavy atom. The van der Waals surface area contributed by atoms with E-state index in [2.05, 4.69) is 20.9 Å². The van der Waals surface area contributed by atoms with Crippen LogP contribution in [0.1, 0.15) is 21.6 Å². The van der Waals surface area contributed by atoms with Crippen molar-refractivity contribution in [3.05, 3.63) is 62.8 Å². The summed E-state index contributed by atoms with van der Waals surface area (Å²) in [6.45, 7) is 0. The zero-order chi connectivity index (χ0) is 14.9. The molecular weight excluding hydrogens is 358 g/mol. The molecule has 1 aromatic carbocycles. The number of nitrogens with zero attached hydrogens (tertiary/aromatic N) is 1. The molecule has 0 saturated carbocycles. The topological polar surface area (TPSA) is 30.0 Å². The quantitative estimate of drug-likeness (QED) is 0.569. The first-order valence-electron chi connectivity index (χ1n) is 5.33. The van der Waals surface area contributed by atoms with E-state index in [4.69, 9.17) is 11.6 Å². The number of pyridine rings is 1. The number of hydrogen-bond donors (Lipinski definition) is 0. The Morgan fingerprint density at radius 1 is 1.10 bits per heavy atom. The van der Waals surface area contributed by atoms with E-state index < -0.39 is 22.8 Å². The fraction of sp³-hybridized carbons (Fsp3) is 0.0769. The SMILES string of the molecule is O=C(c1ccc(Br)cc1)c1ccc(C(F)(F)F)nc1Cl. The Hall–Kier alpha value is -1.40. The molecule has 0 bridgehead atoms.